The topological polar surface area (TPSA) is 55.3 Å². The summed E-state index contributed by atoms with van der Waals surface area (Å²) >= 11 is 17.4. The largest absolute Gasteiger partial charge is 0.494 e. The fraction of sp³-hybridized carbons (Fsp3) is 0.240. The van der Waals surface area contributed by atoms with Crippen molar-refractivity contribution in [2.24, 2.45) is 0 Å². The maximum atomic E-state index is 15.1. The highest BCUT2D eigenvalue weighted by Crippen LogP contribution is 2.43. The highest BCUT2D eigenvalue weighted by molar-refractivity contribution is 6.48. The maximum Gasteiger partial charge on any atom is 0.417 e. The number of ether oxygens (including phenoxy) is 1. The Morgan fingerprint density at radius 3 is 2.10 bits per heavy atom. The highest BCUT2D eigenvalue weighted by Gasteiger charge is 2.41. The van der Waals surface area contributed by atoms with Crippen LogP contribution in [0.2, 0.25) is 15.1 Å². The first-order chi connectivity index (χ1) is 18.5. The number of methoxy groups -OCH3 is 1. The fourth-order valence-electron chi connectivity index (χ4n) is 3.53. The molecule has 0 bridgehead atoms. The normalized spacial score (nSPS) is 13.2. The Bertz CT molecular complexity index is 1410. The number of carbonyl (C=O) groups excluding carboxylic acids is 1. The second-order valence-electron chi connectivity index (χ2n) is 8.29. The maximum absolute atomic E-state index is 15.1. The van der Waals surface area contributed by atoms with Gasteiger partial charge in [0.1, 0.15) is 11.7 Å². The second kappa shape index (κ2) is 12.2. The van der Waals surface area contributed by atoms with Crippen LogP contribution in [-0.2, 0) is 6.18 Å². The lowest BCUT2D eigenvalue weighted by molar-refractivity contribution is -0.140. The van der Waals surface area contributed by atoms with Gasteiger partial charge in [0.05, 0.1) is 46.7 Å². The molecular formula is C25H17Cl3F7N3O2. The van der Waals surface area contributed by atoms with E-state index in [4.69, 9.17) is 39.5 Å². The van der Waals surface area contributed by atoms with E-state index in [1.807, 2.05) is 0 Å². The van der Waals surface area contributed by atoms with Gasteiger partial charge < -0.3 is 9.64 Å². The van der Waals surface area contributed by atoms with Crippen molar-refractivity contribution in [1.29, 1.82) is 0 Å². The number of halogens is 10. The Balaban J connectivity index is 1.98. The molecule has 1 unspecified atom stereocenters. The van der Waals surface area contributed by atoms with E-state index in [9.17, 15) is 31.1 Å². The van der Waals surface area contributed by atoms with Crippen molar-refractivity contribution in [2.45, 2.75) is 18.3 Å². The number of alkyl halides is 6. The van der Waals surface area contributed by atoms with Crippen LogP contribution in [0.15, 0.2) is 48.8 Å². The summed E-state index contributed by atoms with van der Waals surface area (Å²) in [5.41, 5.74) is -3.79. The second-order valence-corrected chi connectivity index (χ2v) is 9.49. The van der Waals surface area contributed by atoms with Gasteiger partial charge in [-0.3, -0.25) is 4.79 Å². The number of hydrogen-bond acceptors (Lipinski definition) is 5. The monoisotopic (exact) mass is 629 g/mol. The van der Waals surface area contributed by atoms with E-state index in [-0.39, 0.29) is 33.2 Å². The molecule has 0 radical (unpaired) electrons. The Morgan fingerprint density at radius 2 is 1.60 bits per heavy atom. The van der Waals surface area contributed by atoms with Crippen LogP contribution in [0.3, 0.4) is 0 Å². The minimum absolute atomic E-state index is 0.00825. The number of anilines is 1. The number of rotatable bonds is 8. The summed E-state index contributed by atoms with van der Waals surface area (Å²) in [6.07, 6.45) is -7.56. The van der Waals surface area contributed by atoms with Gasteiger partial charge in [0.25, 0.3) is 0 Å². The Hall–Kier alpha value is -3.09. The Morgan fingerprint density at radius 1 is 1.02 bits per heavy atom. The molecule has 0 aliphatic heterocycles. The summed E-state index contributed by atoms with van der Waals surface area (Å²) in [6, 6.07) is 3.37. The fourth-order valence-corrected chi connectivity index (χ4v) is 4.14. The summed E-state index contributed by atoms with van der Waals surface area (Å²) in [5, 5.41) is -0.893. The molecule has 15 heteroatoms. The van der Waals surface area contributed by atoms with Gasteiger partial charge >= 0.3 is 12.4 Å². The predicted octanol–water partition coefficient (Wildman–Crippen LogP) is 8.44. The van der Waals surface area contributed by atoms with Crippen LogP contribution in [0.25, 0.3) is 5.83 Å². The molecule has 0 saturated carbocycles. The van der Waals surface area contributed by atoms with Gasteiger partial charge in [-0.15, -0.1) is 0 Å². The van der Waals surface area contributed by atoms with Gasteiger partial charge in [-0.25, -0.2) is 14.4 Å². The summed E-state index contributed by atoms with van der Waals surface area (Å²) < 4.78 is 103. The van der Waals surface area contributed by atoms with Gasteiger partial charge in [-0.05, 0) is 29.8 Å². The van der Waals surface area contributed by atoms with E-state index < -0.39 is 58.7 Å². The van der Waals surface area contributed by atoms with Crippen LogP contribution in [-0.4, -0.2) is 42.6 Å². The van der Waals surface area contributed by atoms with Crippen molar-refractivity contribution >= 4 is 52.4 Å². The lowest BCUT2D eigenvalue weighted by Gasteiger charge is -2.20. The molecular weight excluding hydrogens is 614 g/mol. The number of likely N-dealkylation sites (N-methyl/N-ethyl adjacent to an activating group) is 1. The number of hydrogen-bond donors (Lipinski definition) is 0. The number of Topliss-reactive ketones (excluding diaryl/α,β-unsaturated/α-hetero) is 1. The van der Waals surface area contributed by atoms with E-state index in [2.05, 4.69) is 9.97 Å². The van der Waals surface area contributed by atoms with Crippen LogP contribution in [0.4, 0.5) is 36.7 Å². The number of nitrogens with zero attached hydrogens (tertiary/aromatic N) is 3. The molecule has 1 atom stereocenters. The van der Waals surface area contributed by atoms with Crippen LogP contribution < -0.4 is 9.64 Å². The first kappa shape index (κ1) is 31.4. The van der Waals surface area contributed by atoms with Crippen LogP contribution >= 0.6 is 34.8 Å². The van der Waals surface area contributed by atoms with Crippen molar-refractivity contribution in [3.05, 3.63) is 86.1 Å². The Kier molecular flexibility index (Phi) is 9.58. The quantitative estimate of drug-likeness (QED) is 0.142. The number of benzene rings is 2. The van der Waals surface area contributed by atoms with E-state index in [0.29, 0.717) is 11.8 Å². The lowest BCUT2D eigenvalue weighted by Crippen LogP contribution is -2.28. The van der Waals surface area contributed by atoms with Crippen LogP contribution in [0.1, 0.15) is 33.0 Å². The minimum Gasteiger partial charge on any atom is -0.494 e. The summed E-state index contributed by atoms with van der Waals surface area (Å²) in [7, 11) is 2.73. The molecule has 40 heavy (non-hydrogen) atoms. The summed E-state index contributed by atoms with van der Waals surface area (Å²) in [4.78, 5) is 21.8. The van der Waals surface area contributed by atoms with Crippen molar-refractivity contribution in [2.75, 3.05) is 25.6 Å². The molecule has 3 rings (SSSR count). The zero-order chi connectivity index (χ0) is 30.0. The van der Waals surface area contributed by atoms with Crippen molar-refractivity contribution in [1.82, 2.24) is 9.97 Å². The number of ketones is 1. The van der Waals surface area contributed by atoms with Crippen LogP contribution in [0.5, 0.6) is 5.75 Å². The molecule has 214 valence electrons. The van der Waals surface area contributed by atoms with E-state index in [1.54, 1.807) is 0 Å². The molecule has 0 fully saturated rings. The number of carbonyl (C=O) groups is 1. The lowest BCUT2D eigenvalue weighted by atomic mass is 9.95. The first-order valence-corrected chi connectivity index (χ1v) is 12.1. The zero-order valence-electron chi connectivity index (χ0n) is 20.3. The van der Waals surface area contributed by atoms with Gasteiger partial charge in [-0.2, -0.15) is 26.3 Å². The molecule has 0 spiro atoms. The molecule has 0 saturated heterocycles. The Labute approximate surface area is 238 Å². The molecule has 5 nitrogen and oxygen atoms in total. The van der Waals surface area contributed by atoms with E-state index in [1.165, 1.54) is 31.5 Å². The third-order valence-electron chi connectivity index (χ3n) is 5.50. The standard InChI is InChI=1S/C25H17Cl3F7N3O2/c1-38(23-36-9-14(40-2)10-37-23)11-21(39)15-4-3-12(5-17(15)25(33,34)35)20(29)8-16(24(30,31)32)13-6-18(26)22(28)19(27)7-13/h3-10,16H,11H2,1-2H3/b20-8-. The summed E-state index contributed by atoms with van der Waals surface area (Å²) in [6.45, 7) is -0.596. The third-order valence-corrected chi connectivity index (χ3v) is 6.70. The van der Waals surface area contributed by atoms with Gasteiger partial charge in [0.15, 0.2) is 11.5 Å². The zero-order valence-corrected chi connectivity index (χ0v) is 22.6. The number of aromatic nitrogens is 2. The minimum atomic E-state index is -5.14. The van der Waals surface area contributed by atoms with Gasteiger partial charge in [-0.1, -0.05) is 46.9 Å². The molecule has 0 aliphatic carbocycles. The molecule has 1 aromatic heterocycles. The smallest absolute Gasteiger partial charge is 0.417 e. The average molecular weight is 631 g/mol. The number of allylic oxidation sites excluding steroid dienone is 1. The van der Waals surface area contributed by atoms with E-state index >= 15 is 4.39 Å². The summed E-state index contributed by atoms with van der Waals surface area (Å²) in [5.74, 6) is -4.97. The van der Waals surface area contributed by atoms with Crippen molar-refractivity contribution < 1.29 is 40.3 Å². The first-order valence-electron chi connectivity index (χ1n) is 10.9. The van der Waals surface area contributed by atoms with Gasteiger partial charge in [0.2, 0.25) is 5.95 Å². The average Bonchev–Trinajstić information content (AvgIpc) is 2.88. The predicted molar refractivity (Wildman–Crippen MR) is 137 cm³/mol. The molecule has 0 aliphatic rings. The van der Waals surface area contributed by atoms with Crippen molar-refractivity contribution in [3.8, 4) is 5.75 Å². The highest BCUT2D eigenvalue weighted by atomic mass is 35.5. The SMILES string of the molecule is COc1cnc(N(C)CC(=O)c2ccc(/C(F)=C/C(c3cc(Cl)c(Cl)c(Cl)c3)C(F)(F)F)cc2C(F)(F)F)nc1. The molecule has 3 aromatic rings. The molecule has 2 aromatic carbocycles. The van der Waals surface area contributed by atoms with Gasteiger partial charge in [0, 0.05) is 18.2 Å². The third kappa shape index (κ3) is 7.35. The molecule has 0 N–H and O–H groups in total. The molecule has 1 heterocycles. The van der Waals surface area contributed by atoms with Crippen LogP contribution in [0, 0.1) is 0 Å². The van der Waals surface area contributed by atoms with Crippen molar-refractivity contribution in [3.63, 3.8) is 0 Å². The van der Waals surface area contributed by atoms with E-state index in [0.717, 1.165) is 18.2 Å². The molecule has 0 amide bonds.